The average molecular weight is 486 g/mol. The van der Waals surface area contributed by atoms with Crippen LogP contribution >= 0.6 is 11.6 Å². The minimum absolute atomic E-state index is 0.0331. The number of carbonyl (C=O) groups excluding carboxylic acids is 3. The lowest BCUT2D eigenvalue weighted by molar-refractivity contribution is -0.116. The molecule has 0 heterocycles. The Hall–Kier alpha value is -3.39. The van der Waals surface area contributed by atoms with Crippen LogP contribution in [0, 0.1) is 11.8 Å². The molecule has 0 unspecified atom stereocenters. The molecule has 34 heavy (non-hydrogen) atoms. The van der Waals surface area contributed by atoms with Crippen molar-refractivity contribution in [2.24, 2.45) is 22.6 Å². The number of benzene rings is 2. The van der Waals surface area contributed by atoms with Gasteiger partial charge in [0.2, 0.25) is 11.2 Å². The molecule has 2 amide bonds. The third-order valence-corrected chi connectivity index (χ3v) is 6.03. The number of carbonyl (C=O) groups is 3. The molecule has 0 radical (unpaired) electrons. The summed E-state index contributed by atoms with van der Waals surface area (Å²) in [5.41, 5.74) is 7.66. The second-order valence-electron chi connectivity index (χ2n) is 8.18. The van der Waals surface area contributed by atoms with E-state index < -0.39 is 12.2 Å². The molecule has 2 aromatic carbocycles. The molecule has 9 heteroatoms. The molecule has 1 aliphatic carbocycles. The Balaban J connectivity index is 1.65. The molecule has 1 fully saturated rings. The molecular weight excluding hydrogens is 458 g/mol. The topological polar surface area (TPSA) is 111 Å². The van der Waals surface area contributed by atoms with Gasteiger partial charge in [0.05, 0.1) is 0 Å². The van der Waals surface area contributed by atoms with E-state index in [4.69, 9.17) is 26.8 Å². The molecule has 2 aromatic rings. The molecule has 0 aromatic heterocycles. The van der Waals surface area contributed by atoms with Gasteiger partial charge in [0.15, 0.2) is 0 Å². The van der Waals surface area contributed by atoms with Crippen molar-refractivity contribution in [3.63, 3.8) is 0 Å². The van der Waals surface area contributed by atoms with Crippen LogP contribution in [0.1, 0.15) is 36.8 Å². The summed E-state index contributed by atoms with van der Waals surface area (Å²) in [5.74, 6) is -0.410. The Bertz CT molecular complexity index is 992. The molecule has 0 atom stereocenters. The third kappa shape index (κ3) is 7.88. The first kappa shape index (κ1) is 25.2. The van der Waals surface area contributed by atoms with Gasteiger partial charge in [-0.15, -0.1) is 4.99 Å². The van der Waals surface area contributed by atoms with E-state index >= 15 is 0 Å². The Morgan fingerprint density at radius 2 is 1.41 bits per heavy atom. The summed E-state index contributed by atoms with van der Waals surface area (Å²) in [6, 6.07) is 18.4. The molecule has 180 valence electrons. The number of amides is 2. The summed E-state index contributed by atoms with van der Waals surface area (Å²) in [4.78, 5) is 41.5. The first-order valence-electron chi connectivity index (χ1n) is 11.1. The van der Waals surface area contributed by atoms with Crippen LogP contribution in [0.25, 0.3) is 0 Å². The minimum atomic E-state index is -0.904. The van der Waals surface area contributed by atoms with Crippen molar-refractivity contribution < 1.29 is 23.9 Å². The Labute approximate surface area is 203 Å². The van der Waals surface area contributed by atoms with Crippen LogP contribution in [0.5, 0.6) is 0 Å². The molecule has 0 aliphatic heterocycles. The second-order valence-corrected chi connectivity index (χ2v) is 8.56. The maximum absolute atomic E-state index is 12.9. The van der Waals surface area contributed by atoms with Gasteiger partial charge in [-0.25, -0.2) is 14.5 Å². The normalized spacial score (nSPS) is 18.1. The van der Waals surface area contributed by atoms with Gasteiger partial charge in [-0.3, -0.25) is 4.79 Å². The third-order valence-electron chi connectivity index (χ3n) is 5.72. The van der Waals surface area contributed by atoms with Crippen LogP contribution in [0.15, 0.2) is 65.7 Å². The number of guanidine groups is 1. The van der Waals surface area contributed by atoms with Crippen molar-refractivity contribution in [2.45, 2.75) is 38.9 Å². The highest BCUT2D eigenvalue weighted by Crippen LogP contribution is 2.30. The Morgan fingerprint density at radius 3 is 1.94 bits per heavy atom. The Morgan fingerprint density at radius 1 is 0.882 bits per heavy atom. The van der Waals surface area contributed by atoms with Gasteiger partial charge >= 0.3 is 12.2 Å². The molecule has 0 saturated heterocycles. The fraction of sp³-hybridized carbons (Fsp3) is 0.360. The van der Waals surface area contributed by atoms with Gasteiger partial charge in [0.1, 0.15) is 13.2 Å². The molecule has 0 bridgehead atoms. The minimum Gasteiger partial charge on any atom is -0.444 e. The van der Waals surface area contributed by atoms with Crippen molar-refractivity contribution in [3.8, 4) is 0 Å². The summed E-state index contributed by atoms with van der Waals surface area (Å²) in [6.07, 6.45) is 1.04. The molecule has 1 saturated carbocycles. The summed E-state index contributed by atoms with van der Waals surface area (Å²) in [7, 11) is 0. The van der Waals surface area contributed by atoms with Crippen molar-refractivity contribution in [3.05, 3.63) is 71.8 Å². The largest absolute Gasteiger partial charge is 0.444 e. The summed E-state index contributed by atoms with van der Waals surface area (Å²) >= 11 is 5.63. The smallest absolute Gasteiger partial charge is 0.437 e. The van der Waals surface area contributed by atoms with Crippen LogP contribution in [-0.2, 0) is 27.5 Å². The number of aliphatic imine (C=N–C) groups is 1. The van der Waals surface area contributed by atoms with Crippen LogP contribution in [0.3, 0.4) is 0 Å². The zero-order chi connectivity index (χ0) is 24.3. The van der Waals surface area contributed by atoms with E-state index in [9.17, 15) is 14.4 Å². The highest BCUT2D eigenvalue weighted by Gasteiger charge is 2.30. The monoisotopic (exact) mass is 485 g/mol. The van der Waals surface area contributed by atoms with E-state index in [1.54, 1.807) is 0 Å². The molecule has 2 N–H and O–H groups in total. The highest BCUT2D eigenvalue weighted by atomic mass is 35.5. The predicted octanol–water partition coefficient (Wildman–Crippen LogP) is 4.85. The zero-order valence-electron chi connectivity index (χ0n) is 18.8. The highest BCUT2D eigenvalue weighted by molar-refractivity contribution is 6.63. The maximum Gasteiger partial charge on any atom is 0.437 e. The van der Waals surface area contributed by atoms with Crippen molar-refractivity contribution in [1.29, 1.82) is 0 Å². The quantitative estimate of drug-likeness (QED) is 0.341. The van der Waals surface area contributed by atoms with Gasteiger partial charge in [0, 0.05) is 12.5 Å². The summed E-state index contributed by atoms with van der Waals surface area (Å²) in [6.45, 7) is 0.291. The van der Waals surface area contributed by atoms with E-state index in [-0.39, 0.29) is 42.8 Å². The average Bonchev–Trinajstić information content (AvgIpc) is 2.86. The lowest BCUT2D eigenvalue weighted by Crippen LogP contribution is -2.46. The van der Waals surface area contributed by atoms with Gasteiger partial charge in [0.25, 0.3) is 0 Å². The van der Waals surface area contributed by atoms with Gasteiger partial charge in [-0.05, 0) is 54.3 Å². The van der Waals surface area contributed by atoms with Gasteiger partial charge < -0.3 is 15.2 Å². The molecular formula is C25H28ClN3O5. The number of hydrogen-bond donors (Lipinski definition) is 1. The van der Waals surface area contributed by atoms with Gasteiger partial charge in [-0.1, -0.05) is 60.7 Å². The van der Waals surface area contributed by atoms with Crippen LogP contribution in [0.4, 0.5) is 9.59 Å². The van der Waals surface area contributed by atoms with Crippen LogP contribution < -0.4 is 5.73 Å². The molecule has 0 spiro atoms. The SMILES string of the molecule is NC(=NC(=O)OCc1ccccc1)N(CC1CCC(C(=O)Cl)CC1)C(=O)OCc1ccccc1. The summed E-state index contributed by atoms with van der Waals surface area (Å²) in [5, 5.41) is -0.334. The van der Waals surface area contributed by atoms with E-state index in [0.717, 1.165) is 16.0 Å². The number of nitrogens with zero attached hydrogens (tertiary/aromatic N) is 2. The maximum atomic E-state index is 12.9. The fourth-order valence-corrected chi connectivity index (χ4v) is 4.01. The number of ether oxygens (including phenoxy) is 2. The zero-order valence-corrected chi connectivity index (χ0v) is 19.5. The first-order chi connectivity index (χ1) is 16.4. The van der Waals surface area contributed by atoms with E-state index in [1.165, 1.54) is 0 Å². The Kier molecular flexibility index (Phi) is 9.46. The van der Waals surface area contributed by atoms with Crippen molar-refractivity contribution in [2.75, 3.05) is 6.54 Å². The van der Waals surface area contributed by atoms with E-state index in [1.807, 2.05) is 60.7 Å². The standard InChI is InChI=1S/C25H28ClN3O5/c26-22(30)21-13-11-18(12-14-21)15-29(25(32)34-17-20-9-5-2-6-10-20)23(27)28-24(31)33-16-19-7-3-1-4-8-19/h1-10,18,21H,11-17H2,(H2,27,28,31). The number of nitrogens with two attached hydrogens (primary N) is 1. The molecule has 8 nitrogen and oxygen atoms in total. The summed E-state index contributed by atoms with van der Waals surface area (Å²) < 4.78 is 10.6. The lowest BCUT2D eigenvalue weighted by Gasteiger charge is -2.30. The number of hydrogen-bond acceptors (Lipinski definition) is 5. The van der Waals surface area contributed by atoms with Crippen molar-refractivity contribution in [1.82, 2.24) is 4.90 Å². The first-order valence-corrected chi connectivity index (χ1v) is 11.5. The number of rotatable bonds is 7. The fourth-order valence-electron chi connectivity index (χ4n) is 3.79. The number of halogens is 1. The predicted molar refractivity (Wildman–Crippen MR) is 128 cm³/mol. The second kappa shape index (κ2) is 12.7. The van der Waals surface area contributed by atoms with Gasteiger partial charge in [-0.2, -0.15) is 0 Å². The lowest BCUT2D eigenvalue weighted by atomic mass is 9.82. The van der Waals surface area contributed by atoms with E-state index in [2.05, 4.69) is 4.99 Å². The van der Waals surface area contributed by atoms with Crippen LogP contribution in [-0.4, -0.2) is 34.8 Å². The van der Waals surface area contributed by atoms with E-state index in [0.29, 0.717) is 25.7 Å². The van der Waals surface area contributed by atoms with Crippen molar-refractivity contribution >= 4 is 35.0 Å². The molecule has 1 aliphatic rings. The molecule has 3 rings (SSSR count). The van der Waals surface area contributed by atoms with Crippen LogP contribution in [0.2, 0.25) is 0 Å².